The summed E-state index contributed by atoms with van der Waals surface area (Å²) < 4.78 is 3.08. The van der Waals surface area contributed by atoms with Gasteiger partial charge in [-0.3, -0.25) is 0 Å². The normalized spacial score (nSPS) is 8.00. The Labute approximate surface area is 60.2 Å². The largest absolute Gasteiger partial charge is 0.516 e. The van der Waals surface area contributed by atoms with Gasteiger partial charge >= 0.3 is 12.3 Å². The van der Waals surface area contributed by atoms with Crippen molar-refractivity contribution in [3.05, 3.63) is 0 Å². The van der Waals surface area contributed by atoms with E-state index in [2.05, 4.69) is 26.9 Å². The summed E-state index contributed by atoms with van der Waals surface area (Å²) in [6.45, 7) is 0. The summed E-state index contributed by atoms with van der Waals surface area (Å²) in [7, 11) is 0. The van der Waals surface area contributed by atoms with Crippen LogP contribution in [0.15, 0.2) is 10.4 Å². The quantitative estimate of drug-likeness (QED) is 0.124. The lowest BCUT2D eigenvalue weighted by Crippen LogP contribution is -2.05. The van der Waals surface area contributed by atoms with Crippen molar-refractivity contribution >= 4 is 12.3 Å². The van der Waals surface area contributed by atoms with Gasteiger partial charge < -0.3 is 26.6 Å². The van der Waals surface area contributed by atoms with E-state index in [1.807, 2.05) is 0 Å². The van der Waals surface area contributed by atoms with E-state index in [1.54, 1.807) is 0 Å². The molecule has 9 heteroatoms. The maximum atomic E-state index is 9.21. The highest BCUT2D eigenvalue weighted by Crippen LogP contribution is 1.73. The Morgan fingerprint density at radius 2 is 1.36 bits per heavy atom. The minimum absolute atomic E-state index is 1.81. The Hall–Kier alpha value is -2.06. The fourth-order valence-corrected chi connectivity index (χ4v) is 0.0747. The van der Waals surface area contributed by atoms with E-state index in [-0.39, 0.29) is 0 Å². The van der Waals surface area contributed by atoms with Crippen LogP contribution >= 0.6 is 0 Å². The molecular formula is C2H6N4O5. The number of carbonyl (C=O) groups is 2. The van der Waals surface area contributed by atoms with Gasteiger partial charge in [-0.15, -0.1) is 0 Å². The fraction of sp³-hybridized carbons (Fsp3) is 0. The smallest absolute Gasteiger partial charge is 0.449 e. The molecule has 0 fully saturated rings. The first-order valence-electron chi connectivity index (χ1n) is 1.98. The average Bonchev–Trinajstić information content (AvgIpc) is 1.85. The Balaban J connectivity index is 0. The topological polar surface area (TPSA) is 161 Å². The molecule has 0 saturated carbocycles. The first kappa shape index (κ1) is 11.7. The van der Waals surface area contributed by atoms with Crippen LogP contribution in [-0.4, -0.2) is 22.5 Å². The lowest BCUT2D eigenvalue weighted by Gasteiger charge is -1.84. The number of nitrogens with two attached hydrogens (primary N) is 2. The van der Waals surface area contributed by atoms with Crippen molar-refractivity contribution in [2.45, 2.75) is 0 Å². The van der Waals surface area contributed by atoms with Gasteiger partial charge in [-0.05, 0) is 0 Å². The molecule has 0 amide bonds. The standard InChI is InChI=1S/C2H2O5.H4N4/c3-1(4)7-2(5)6;1-3-4-2/h(H,3,4)(H,5,6);(H2,1,4)(H2,2,3). The molecule has 64 valence electrons. The zero-order chi connectivity index (χ0) is 9.28. The van der Waals surface area contributed by atoms with E-state index < -0.39 is 12.3 Å². The van der Waals surface area contributed by atoms with Gasteiger partial charge in [0.1, 0.15) is 0 Å². The Morgan fingerprint density at radius 1 is 1.09 bits per heavy atom. The zero-order valence-corrected chi connectivity index (χ0v) is 5.17. The molecule has 0 aromatic carbocycles. The first-order chi connectivity index (χ1) is 5.04. The highest BCUT2D eigenvalue weighted by atomic mass is 16.7. The molecule has 0 atom stereocenters. The molecule has 0 aliphatic heterocycles. The van der Waals surface area contributed by atoms with Crippen LogP contribution in [-0.2, 0) is 4.74 Å². The summed E-state index contributed by atoms with van der Waals surface area (Å²) in [5.74, 6) is 8.72. The second kappa shape index (κ2) is 7.94. The van der Waals surface area contributed by atoms with Crippen molar-refractivity contribution in [3.8, 4) is 0 Å². The molecule has 0 aliphatic carbocycles. The second-order valence-electron chi connectivity index (χ2n) is 0.865. The number of nitrogens with zero attached hydrogens (tertiary/aromatic N) is 2. The fourth-order valence-electron chi connectivity index (χ4n) is 0.0747. The van der Waals surface area contributed by atoms with Gasteiger partial charge in [0.2, 0.25) is 0 Å². The van der Waals surface area contributed by atoms with Gasteiger partial charge in [0, 0.05) is 0 Å². The minimum Gasteiger partial charge on any atom is -0.449 e. The van der Waals surface area contributed by atoms with E-state index in [9.17, 15) is 9.59 Å². The van der Waals surface area contributed by atoms with Gasteiger partial charge in [-0.25, -0.2) is 9.59 Å². The molecule has 0 unspecified atom stereocenters. The van der Waals surface area contributed by atoms with Crippen LogP contribution in [0, 0.1) is 0 Å². The Kier molecular flexibility index (Phi) is 8.45. The minimum atomic E-state index is -1.81. The van der Waals surface area contributed by atoms with E-state index in [1.165, 1.54) is 0 Å². The van der Waals surface area contributed by atoms with Crippen LogP contribution < -0.4 is 11.7 Å². The Morgan fingerprint density at radius 3 is 1.36 bits per heavy atom. The lowest BCUT2D eigenvalue weighted by molar-refractivity contribution is 0.0802. The van der Waals surface area contributed by atoms with Gasteiger partial charge in [-0.1, -0.05) is 10.4 Å². The zero-order valence-electron chi connectivity index (χ0n) is 5.17. The molecule has 11 heavy (non-hydrogen) atoms. The van der Waals surface area contributed by atoms with Crippen molar-refractivity contribution in [1.29, 1.82) is 0 Å². The summed E-state index contributed by atoms with van der Waals surface area (Å²) in [6.07, 6.45) is -3.62. The maximum absolute atomic E-state index is 9.21. The third-order valence-electron chi connectivity index (χ3n) is 0.241. The summed E-state index contributed by atoms with van der Waals surface area (Å²) in [5, 5.41) is 20.2. The number of hydrogen-bond acceptors (Lipinski definition) is 5. The molecular weight excluding hydrogens is 160 g/mol. The molecule has 0 radical (unpaired) electrons. The van der Waals surface area contributed by atoms with Gasteiger partial charge in [0.25, 0.3) is 0 Å². The highest BCUT2D eigenvalue weighted by molar-refractivity contribution is 5.74. The van der Waals surface area contributed by atoms with Crippen molar-refractivity contribution < 1.29 is 24.5 Å². The molecule has 0 heterocycles. The maximum Gasteiger partial charge on any atom is 0.516 e. The monoisotopic (exact) mass is 166 g/mol. The lowest BCUT2D eigenvalue weighted by atomic mass is 11.3. The third kappa shape index (κ3) is 32.4. The van der Waals surface area contributed by atoms with Gasteiger partial charge in [0.15, 0.2) is 0 Å². The molecule has 0 aromatic heterocycles. The Bertz CT molecular complexity index is 139. The van der Waals surface area contributed by atoms with Gasteiger partial charge in [-0.2, -0.15) is 0 Å². The second-order valence-corrected chi connectivity index (χ2v) is 0.865. The van der Waals surface area contributed by atoms with Crippen molar-refractivity contribution in [3.63, 3.8) is 0 Å². The highest BCUT2D eigenvalue weighted by Gasteiger charge is 2.01. The summed E-state index contributed by atoms with van der Waals surface area (Å²) in [5.41, 5.74) is 0. The van der Waals surface area contributed by atoms with Crippen LogP contribution in [0.25, 0.3) is 0 Å². The van der Waals surface area contributed by atoms with Crippen molar-refractivity contribution in [1.82, 2.24) is 0 Å². The first-order valence-corrected chi connectivity index (χ1v) is 1.98. The van der Waals surface area contributed by atoms with Crippen molar-refractivity contribution in [2.75, 3.05) is 0 Å². The summed E-state index contributed by atoms with van der Waals surface area (Å²) >= 11 is 0. The van der Waals surface area contributed by atoms with E-state index in [0.717, 1.165) is 0 Å². The van der Waals surface area contributed by atoms with Gasteiger partial charge in [0.05, 0.1) is 0 Å². The number of carboxylic acid groups (broad SMARTS) is 2. The predicted molar refractivity (Wildman–Crippen MR) is 30.4 cm³/mol. The molecule has 0 spiro atoms. The summed E-state index contributed by atoms with van der Waals surface area (Å²) in [6, 6.07) is 0. The molecule has 0 aliphatic rings. The summed E-state index contributed by atoms with van der Waals surface area (Å²) in [4.78, 5) is 18.4. The van der Waals surface area contributed by atoms with E-state index in [0.29, 0.717) is 0 Å². The van der Waals surface area contributed by atoms with Crippen LogP contribution in [0.2, 0.25) is 0 Å². The van der Waals surface area contributed by atoms with Crippen molar-refractivity contribution in [2.24, 2.45) is 22.1 Å². The molecule has 0 rings (SSSR count). The van der Waals surface area contributed by atoms with Crippen LogP contribution in [0.3, 0.4) is 0 Å². The SMILES string of the molecule is NN=NN.O=C(O)OC(=O)O. The molecule has 9 nitrogen and oxygen atoms in total. The number of ether oxygens (including phenoxy) is 1. The molecule has 0 bridgehead atoms. The number of hydrogen-bond donors (Lipinski definition) is 4. The molecule has 6 N–H and O–H groups in total. The predicted octanol–water partition coefficient (Wildman–Crippen LogP) is -0.455. The van der Waals surface area contributed by atoms with E-state index in [4.69, 9.17) is 10.2 Å². The van der Waals surface area contributed by atoms with Crippen LogP contribution in [0.5, 0.6) is 0 Å². The van der Waals surface area contributed by atoms with Crippen LogP contribution in [0.1, 0.15) is 0 Å². The average molecular weight is 166 g/mol. The molecule has 0 saturated heterocycles. The molecule has 0 aromatic rings. The van der Waals surface area contributed by atoms with E-state index >= 15 is 0 Å². The van der Waals surface area contributed by atoms with Crippen LogP contribution in [0.4, 0.5) is 9.59 Å². The number of rotatable bonds is 0. The third-order valence-corrected chi connectivity index (χ3v) is 0.241.